The number of rotatable bonds is 3. The van der Waals surface area contributed by atoms with Crippen molar-refractivity contribution in [1.29, 1.82) is 0 Å². The van der Waals surface area contributed by atoms with E-state index in [9.17, 15) is 13.2 Å². The summed E-state index contributed by atoms with van der Waals surface area (Å²) in [6.07, 6.45) is -3.52. The van der Waals surface area contributed by atoms with Crippen molar-refractivity contribution in [3.63, 3.8) is 0 Å². The van der Waals surface area contributed by atoms with Crippen LogP contribution in [-0.4, -0.2) is 5.96 Å². The van der Waals surface area contributed by atoms with Crippen LogP contribution in [0.15, 0.2) is 53.5 Å². The molecule has 0 aliphatic carbocycles. The summed E-state index contributed by atoms with van der Waals surface area (Å²) in [7, 11) is 0. The van der Waals surface area contributed by atoms with Crippen LogP contribution in [0.2, 0.25) is 0 Å². The van der Waals surface area contributed by atoms with Gasteiger partial charge in [0.15, 0.2) is 5.96 Å². The van der Waals surface area contributed by atoms with Gasteiger partial charge in [0.2, 0.25) is 0 Å². The first-order valence-corrected chi connectivity index (χ1v) is 6.76. The number of aliphatic imine (C=N–C) groups is 1. The molecule has 0 amide bonds. The lowest BCUT2D eigenvalue weighted by molar-refractivity contribution is -0.137. The van der Waals surface area contributed by atoms with Crippen molar-refractivity contribution < 1.29 is 13.2 Å². The molecule has 0 saturated carbocycles. The van der Waals surface area contributed by atoms with Crippen LogP contribution >= 0.6 is 0 Å². The molecule has 0 saturated heterocycles. The molecule has 2 aromatic rings. The second-order valence-electron chi connectivity index (χ2n) is 4.72. The Morgan fingerprint density at radius 2 is 1.86 bits per heavy atom. The first-order chi connectivity index (χ1) is 10.4. The molecule has 0 aromatic heterocycles. The molecular formula is C16H16F3N3. The van der Waals surface area contributed by atoms with E-state index in [-0.39, 0.29) is 11.6 Å². The third kappa shape index (κ3) is 4.25. The molecule has 0 heterocycles. The molecule has 0 bridgehead atoms. The second kappa shape index (κ2) is 6.51. The van der Waals surface area contributed by atoms with Crippen molar-refractivity contribution >= 4 is 17.3 Å². The highest BCUT2D eigenvalue weighted by molar-refractivity contribution is 5.94. The van der Waals surface area contributed by atoms with E-state index < -0.39 is 11.7 Å². The van der Waals surface area contributed by atoms with Crippen LogP contribution in [0.4, 0.5) is 24.5 Å². The van der Waals surface area contributed by atoms with Crippen LogP contribution in [0.25, 0.3) is 0 Å². The lowest BCUT2D eigenvalue weighted by Crippen LogP contribution is -2.22. The fraction of sp³-hybridized carbons (Fsp3) is 0.188. The third-order valence-corrected chi connectivity index (χ3v) is 3.03. The van der Waals surface area contributed by atoms with Gasteiger partial charge in [-0.2, -0.15) is 13.2 Å². The molecular weight excluding hydrogens is 291 g/mol. The summed E-state index contributed by atoms with van der Waals surface area (Å²) in [5.74, 6) is 0.0348. The van der Waals surface area contributed by atoms with E-state index in [4.69, 9.17) is 5.73 Å². The molecule has 3 nitrogen and oxygen atoms in total. The maximum absolute atomic E-state index is 12.6. The van der Waals surface area contributed by atoms with E-state index in [0.29, 0.717) is 0 Å². The number of nitrogens with two attached hydrogens (primary N) is 1. The number of benzene rings is 2. The van der Waals surface area contributed by atoms with Crippen molar-refractivity contribution in [3.8, 4) is 0 Å². The third-order valence-electron chi connectivity index (χ3n) is 3.03. The number of nitrogens with zero attached hydrogens (tertiary/aromatic N) is 1. The topological polar surface area (TPSA) is 50.4 Å². The molecule has 0 spiro atoms. The summed E-state index contributed by atoms with van der Waals surface area (Å²) in [6.45, 7) is 2.03. The maximum atomic E-state index is 12.6. The summed E-state index contributed by atoms with van der Waals surface area (Å²) in [5.41, 5.74) is 7.00. The van der Waals surface area contributed by atoms with Gasteiger partial charge in [0, 0.05) is 5.69 Å². The van der Waals surface area contributed by atoms with E-state index in [2.05, 4.69) is 10.3 Å². The molecule has 22 heavy (non-hydrogen) atoms. The van der Waals surface area contributed by atoms with Crippen LogP contribution in [0.5, 0.6) is 0 Å². The predicted molar refractivity (Wildman–Crippen MR) is 82.2 cm³/mol. The largest absolute Gasteiger partial charge is 0.416 e. The molecule has 2 rings (SSSR count). The van der Waals surface area contributed by atoms with Gasteiger partial charge in [-0.1, -0.05) is 25.1 Å². The summed E-state index contributed by atoms with van der Waals surface area (Å²) in [6, 6.07) is 12.3. The normalized spacial score (nSPS) is 12.3. The van der Waals surface area contributed by atoms with Crippen LogP contribution in [-0.2, 0) is 12.6 Å². The standard InChI is InChI=1S/C16H16F3N3/c1-2-11-5-3-7-13(9-11)21-15(20)22-14-8-4-6-12(10-14)16(17,18)19/h3-10H,2H2,1H3,(H3,20,21,22). The Morgan fingerprint density at radius 3 is 2.55 bits per heavy atom. The average Bonchev–Trinajstić information content (AvgIpc) is 2.46. The molecule has 0 aliphatic rings. The van der Waals surface area contributed by atoms with E-state index >= 15 is 0 Å². The Labute approximate surface area is 126 Å². The zero-order valence-electron chi connectivity index (χ0n) is 12.0. The number of anilines is 1. The molecule has 0 radical (unpaired) electrons. The molecule has 116 valence electrons. The van der Waals surface area contributed by atoms with Crippen molar-refractivity contribution in [2.45, 2.75) is 19.5 Å². The minimum Gasteiger partial charge on any atom is -0.369 e. The van der Waals surface area contributed by atoms with E-state index in [1.54, 1.807) is 0 Å². The average molecular weight is 307 g/mol. The van der Waals surface area contributed by atoms with E-state index in [1.807, 2.05) is 31.2 Å². The van der Waals surface area contributed by atoms with Gasteiger partial charge in [0.05, 0.1) is 11.3 Å². The van der Waals surface area contributed by atoms with E-state index in [0.717, 1.165) is 29.8 Å². The summed E-state index contributed by atoms with van der Waals surface area (Å²) < 4.78 is 37.9. The Morgan fingerprint density at radius 1 is 1.14 bits per heavy atom. The summed E-state index contributed by atoms with van der Waals surface area (Å²) >= 11 is 0. The van der Waals surface area contributed by atoms with Crippen molar-refractivity contribution in [1.82, 2.24) is 0 Å². The molecule has 0 fully saturated rings. The molecule has 0 aliphatic heterocycles. The van der Waals surface area contributed by atoms with Gasteiger partial charge in [-0.15, -0.1) is 0 Å². The van der Waals surface area contributed by atoms with Gasteiger partial charge in [-0.3, -0.25) is 0 Å². The Balaban J connectivity index is 2.18. The van der Waals surface area contributed by atoms with Gasteiger partial charge in [-0.25, -0.2) is 4.99 Å². The minimum absolute atomic E-state index is 0.0348. The molecule has 0 unspecified atom stereocenters. The zero-order valence-corrected chi connectivity index (χ0v) is 12.0. The van der Waals surface area contributed by atoms with Gasteiger partial charge in [-0.05, 0) is 42.3 Å². The predicted octanol–water partition coefficient (Wildman–Crippen LogP) is 4.33. The maximum Gasteiger partial charge on any atom is 0.416 e. The zero-order chi connectivity index (χ0) is 16.2. The molecule has 2 aromatic carbocycles. The second-order valence-corrected chi connectivity index (χ2v) is 4.72. The van der Waals surface area contributed by atoms with Crippen molar-refractivity contribution in [2.75, 3.05) is 5.32 Å². The molecule has 3 N–H and O–H groups in total. The van der Waals surface area contributed by atoms with Crippen molar-refractivity contribution in [2.24, 2.45) is 10.7 Å². The van der Waals surface area contributed by atoms with Crippen molar-refractivity contribution in [3.05, 3.63) is 59.7 Å². The number of alkyl halides is 3. The van der Waals surface area contributed by atoms with Crippen LogP contribution in [0.1, 0.15) is 18.1 Å². The Bertz CT molecular complexity index is 678. The SMILES string of the molecule is CCc1cccc(NC(N)=Nc2cccc(C(F)(F)F)c2)c1. The Hall–Kier alpha value is -2.50. The smallest absolute Gasteiger partial charge is 0.369 e. The lowest BCUT2D eigenvalue weighted by Gasteiger charge is -2.09. The highest BCUT2D eigenvalue weighted by Gasteiger charge is 2.30. The quantitative estimate of drug-likeness (QED) is 0.655. The molecule has 6 heteroatoms. The molecule has 0 atom stereocenters. The monoisotopic (exact) mass is 307 g/mol. The number of aryl methyl sites for hydroxylation is 1. The summed E-state index contributed by atoms with van der Waals surface area (Å²) in [4.78, 5) is 3.97. The number of hydrogen-bond acceptors (Lipinski definition) is 1. The summed E-state index contributed by atoms with van der Waals surface area (Å²) in [5, 5.41) is 2.87. The number of hydrogen-bond donors (Lipinski definition) is 2. The van der Waals surface area contributed by atoms with Gasteiger partial charge < -0.3 is 11.1 Å². The van der Waals surface area contributed by atoms with Crippen LogP contribution in [0, 0.1) is 0 Å². The van der Waals surface area contributed by atoms with Gasteiger partial charge >= 0.3 is 6.18 Å². The number of guanidine groups is 1. The van der Waals surface area contributed by atoms with Gasteiger partial charge in [0.1, 0.15) is 0 Å². The van der Waals surface area contributed by atoms with Gasteiger partial charge in [0.25, 0.3) is 0 Å². The van der Waals surface area contributed by atoms with E-state index in [1.165, 1.54) is 12.1 Å². The number of halogens is 3. The first kappa shape index (κ1) is 15.9. The highest BCUT2D eigenvalue weighted by Crippen LogP contribution is 2.31. The fourth-order valence-corrected chi connectivity index (χ4v) is 1.94. The first-order valence-electron chi connectivity index (χ1n) is 6.76. The minimum atomic E-state index is -4.40. The number of nitrogens with one attached hydrogen (secondary N) is 1. The van der Waals surface area contributed by atoms with Crippen LogP contribution in [0.3, 0.4) is 0 Å². The Kier molecular flexibility index (Phi) is 4.70. The van der Waals surface area contributed by atoms with Crippen LogP contribution < -0.4 is 11.1 Å². The highest BCUT2D eigenvalue weighted by atomic mass is 19.4. The fourth-order valence-electron chi connectivity index (χ4n) is 1.94. The lowest BCUT2D eigenvalue weighted by atomic mass is 10.1.